The van der Waals surface area contributed by atoms with Gasteiger partial charge in [-0.05, 0) is 32.4 Å². The van der Waals surface area contributed by atoms with Gasteiger partial charge in [0.1, 0.15) is 0 Å². The van der Waals surface area contributed by atoms with E-state index in [9.17, 15) is 0 Å². The topological polar surface area (TPSA) is 29.9 Å². The van der Waals surface area contributed by atoms with E-state index in [4.69, 9.17) is 0 Å². The minimum atomic E-state index is 0.841. The van der Waals surface area contributed by atoms with Crippen LogP contribution in [-0.2, 0) is 13.0 Å². The van der Waals surface area contributed by atoms with Crippen molar-refractivity contribution < 1.29 is 0 Å². The summed E-state index contributed by atoms with van der Waals surface area (Å²) in [5, 5.41) is 1.21. The van der Waals surface area contributed by atoms with E-state index >= 15 is 0 Å². The van der Waals surface area contributed by atoms with Crippen molar-refractivity contribution in [1.82, 2.24) is 9.66 Å². The molecule has 0 radical (unpaired) electrons. The predicted molar refractivity (Wildman–Crippen MR) is 68.5 cm³/mol. The van der Waals surface area contributed by atoms with Gasteiger partial charge in [-0.2, -0.15) is 0 Å². The summed E-state index contributed by atoms with van der Waals surface area (Å²) in [6.45, 7) is 7.18. The Bertz CT molecular complexity index is 451. The van der Waals surface area contributed by atoms with Gasteiger partial charge in [-0.3, -0.25) is 4.68 Å². The number of nitrogens with one attached hydrogen (secondary N) is 1. The quantitative estimate of drug-likeness (QED) is 0.883. The van der Waals surface area contributed by atoms with Crippen LogP contribution in [0.2, 0.25) is 0 Å². The second-order valence-corrected chi connectivity index (χ2v) is 5.06. The second kappa shape index (κ2) is 4.70. The lowest BCUT2D eigenvalue weighted by Gasteiger charge is -2.11. The van der Waals surface area contributed by atoms with Crippen LogP contribution in [0.5, 0.6) is 0 Å². The Morgan fingerprint density at radius 3 is 2.56 bits per heavy atom. The smallest absolute Gasteiger partial charge is 0.0925 e. The lowest BCUT2D eigenvalue weighted by molar-refractivity contribution is 0.797. The maximum Gasteiger partial charge on any atom is 0.0925 e. The largest absolute Gasteiger partial charge is 0.321 e. The zero-order chi connectivity index (χ0) is 11.5. The molecular weight excluding hydrogens is 218 g/mol. The normalized spacial score (nSPS) is 10.7. The van der Waals surface area contributed by atoms with Gasteiger partial charge in [0.05, 0.1) is 11.6 Å². The van der Waals surface area contributed by atoms with Gasteiger partial charge in [0.2, 0.25) is 0 Å². The first-order valence-electron chi connectivity index (χ1n) is 5.53. The maximum absolute atomic E-state index is 4.35. The Hall–Kier alpha value is -1.29. The van der Waals surface area contributed by atoms with Gasteiger partial charge in [-0.25, -0.2) is 4.98 Å². The van der Waals surface area contributed by atoms with Gasteiger partial charge in [0.25, 0.3) is 0 Å². The second-order valence-electron chi connectivity index (χ2n) is 3.86. The third-order valence-corrected chi connectivity index (χ3v) is 3.73. The summed E-state index contributed by atoms with van der Waals surface area (Å²) >= 11 is 1.78. The molecule has 2 rings (SSSR count). The molecule has 1 N–H and O–H groups in total. The van der Waals surface area contributed by atoms with Crippen molar-refractivity contribution >= 4 is 11.3 Å². The van der Waals surface area contributed by atoms with E-state index in [1.165, 1.54) is 21.3 Å². The Balaban J connectivity index is 2.02. The first-order chi connectivity index (χ1) is 7.70. The number of aromatic nitrogens is 2. The molecule has 2 aromatic heterocycles. The molecule has 86 valence electrons. The van der Waals surface area contributed by atoms with Crippen LogP contribution in [0.4, 0.5) is 0 Å². The molecule has 0 amide bonds. The first-order valence-corrected chi connectivity index (χ1v) is 6.34. The standard InChI is InChI=1S/C12H17N3S/c1-4-12-13-7-11(16-12)8-14-15-9(2)5-6-10(15)3/h5-7,14H,4,8H2,1-3H3. The molecule has 4 heteroatoms. The number of hydrogen-bond donors (Lipinski definition) is 1. The van der Waals surface area contributed by atoms with Crippen LogP contribution in [0.3, 0.4) is 0 Å². The van der Waals surface area contributed by atoms with Gasteiger partial charge in [-0.15, -0.1) is 11.3 Å². The molecule has 0 aromatic carbocycles. The van der Waals surface area contributed by atoms with Crippen LogP contribution in [0, 0.1) is 13.8 Å². The molecule has 0 saturated heterocycles. The average molecular weight is 235 g/mol. The van der Waals surface area contributed by atoms with E-state index in [1.807, 2.05) is 6.20 Å². The SMILES string of the molecule is CCc1ncc(CNn2c(C)ccc2C)s1. The van der Waals surface area contributed by atoms with Gasteiger partial charge in [0.15, 0.2) is 0 Å². The summed E-state index contributed by atoms with van der Waals surface area (Å²) in [6.07, 6.45) is 2.98. The number of aryl methyl sites for hydroxylation is 3. The molecule has 3 nitrogen and oxygen atoms in total. The highest BCUT2D eigenvalue weighted by Crippen LogP contribution is 2.14. The zero-order valence-corrected chi connectivity index (χ0v) is 10.8. The number of rotatable bonds is 4. The zero-order valence-electron chi connectivity index (χ0n) is 9.95. The summed E-state index contributed by atoms with van der Waals surface area (Å²) in [7, 11) is 0. The highest BCUT2D eigenvalue weighted by atomic mass is 32.1. The monoisotopic (exact) mass is 235 g/mol. The van der Waals surface area contributed by atoms with E-state index in [2.05, 4.69) is 48.0 Å². The molecule has 0 aliphatic carbocycles. The molecule has 0 aliphatic heterocycles. The fourth-order valence-corrected chi connectivity index (χ4v) is 2.46. The van der Waals surface area contributed by atoms with Crippen molar-refractivity contribution in [2.24, 2.45) is 0 Å². The van der Waals surface area contributed by atoms with E-state index in [1.54, 1.807) is 11.3 Å². The number of nitrogens with zero attached hydrogens (tertiary/aromatic N) is 2. The Morgan fingerprint density at radius 2 is 2.00 bits per heavy atom. The van der Waals surface area contributed by atoms with E-state index in [-0.39, 0.29) is 0 Å². The summed E-state index contributed by atoms with van der Waals surface area (Å²) in [5.74, 6) is 0. The van der Waals surface area contributed by atoms with Crippen molar-refractivity contribution in [2.45, 2.75) is 33.7 Å². The van der Waals surface area contributed by atoms with Crippen molar-refractivity contribution in [3.8, 4) is 0 Å². The van der Waals surface area contributed by atoms with Crippen LogP contribution >= 0.6 is 11.3 Å². The van der Waals surface area contributed by atoms with Crippen molar-refractivity contribution in [2.75, 3.05) is 5.43 Å². The van der Waals surface area contributed by atoms with Crippen LogP contribution in [-0.4, -0.2) is 9.66 Å². The molecule has 0 bridgehead atoms. The summed E-state index contributed by atoms with van der Waals surface area (Å²) < 4.78 is 2.12. The first kappa shape index (κ1) is 11.2. The lowest BCUT2D eigenvalue weighted by Crippen LogP contribution is -2.16. The molecule has 0 spiro atoms. The molecule has 2 aromatic rings. The molecule has 16 heavy (non-hydrogen) atoms. The van der Waals surface area contributed by atoms with Gasteiger partial charge in [0, 0.05) is 22.5 Å². The summed E-state index contributed by atoms with van der Waals surface area (Å²) in [5.41, 5.74) is 5.87. The Kier molecular flexibility index (Phi) is 3.29. The minimum absolute atomic E-state index is 0.841. The molecule has 0 unspecified atom stereocenters. The highest BCUT2D eigenvalue weighted by Gasteiger charge is 2.02. The molecule has 0 aliphatic rings. The summed E-state index contributed by atoms with van der Waals surface area (Å²) in [4.78, 5) is 5.63. The van der Waals surface area contributed by atoms with Crippen LogP contribution in [0.15, 0.2) is 18.3 Å². The van der Waals surface area contributed by atoms with Crippen LogP contribution in [0.1, 0.15) is 28.2 Å². The lowest BCUT2D eigenvalue weighted by atomic mass is 10.5. The van der Waals surface area contributed by atoms with Crippen molar-refractivity contribution in [3.05, 3.63) is 39.6 Å². The van der Waals surface area contributed by atoms with E-state index in [0.717, 1.165) is 13.0 Å². The van der Waals surface area contributed by atoms with Crippen LogP contribution < -0.4 is 5.43 Å². The third kappa shape index (κ3) is 2.27. The van der Waals surface area contributed by atoms with Gasteiger partial charge >= 0.3 is 0 Å². The fourth-order valence-electron chi connectivity index (χ4n) is 1.67. The molecule has 2 heterocycles. The Morgan fingerprint density at radius 1 is 1.31 bits per heavy atom. The maximum atomic E-state index is 4.35. The third-order valence-electron chi connectivity index (χ3n) is 2.59. The highest BCUT2D eigenvalue weighted by molar-refractivity contribution is 7.11. The molecule has 0 atom stereocenters. The number of thiazole rings is 1. The van der Waals surface area contributed by atoms with E-state index < -0.39 is 0 Å². The van der Waals surface area contributed by atoms with Crippen LogP contribution in [0.25, 0.3) is 0 Å². The average Bonchev–Trinajstić information content (AvgIpc) is 2.85. The fraction of sp³-hybridized carbons (Fsp3) is 0.417. The summed E-state index contributed by atoms with van der Waals surface area (Å²) in [6, 6.07) is 4.24. The molecule has 0 saturated carbocycles. The van der Waals surface area contributed by atoms with Gasteiger partial charge < -0.3 is 5.43 Å². The molecular formula is C12H17N3S. The van der Waals surface area contributed by atoms with E-state index in [0.29, 0.717) is 0 Å². The number of hydrogen-bond acceptors (Lipinski definition) is 3. The van der Waals surface area contributed by atoms with Crippen molar-refractivity contribution in [1.29, 1.82) is 0 Å². The molecule has 0 fully saturated rings. The van der Waals surface area contributed by atoms with Gasteiger partial charge in [-0.1, -0.05) is 6.92 Å². The van der Waals surface area contributed by atoms with Crippen molar-refractivity contribution in [3.63, 3.8) is 0 Å². The predicted octanol–water partition coefficient (Wildman–Crippen LogP) is 2.87. The Labute approximate surface area is 100 Å². The minimum Gasteiger partial charge on any atom is -0.321 e.